The zero-order chi connectivity index (χ0) is 16.4. The van der Waals surface area contributed by atoms with E-state index in [1.165, 1.54) is 24.5 Å². The van der Waals surface area contributed by atoms with Gasteiger partial charge in [0.15, 0.2) is 15.9 Å². The van der Waals surface area contributed by atoms with Crippen molar-refractivity contribution >= 4 is 39.8 Å². The molecular weight excluding hydrogens is 336 g/mol. The van der Waals surface area contributed by atoms with Crippen molar-refractivity contribution in [3.05, 3.63) is 52.3 Å². The number of carbonyl (C=O) groups excluding carboxylic acids is 1. The minimum absolute atomic E-state index is 0.206. The first-order valence-corrected chi connectivity index (χ1v) is 7.95. The smallest absolute Gasteiger partial charge is 0.195 e. The topological polar surface area (TPSA) is 52.8 Å². The van der Waals surface area contributed by atoms with E-state index >= 15 is 0 Å². The number of carbonyl (C=O) groups is 1. The van der Waals surface area contributed by atoms with Crippen LogP contribution in [0, 0.1) is 0 Å². The Bertz CT molecular complexity index is 898. The summed E-state index contributed by atoms with van der Waals surface area (Å²) in [4.78, 5) is 17.5. The predicted octanol–water partition coefficient (Wildman–Crippen LogP) is 3.96. The number of ether oxygens (including phenoxy) is 2. The van der Waals surface area contributed by atoms with Crippen LogP contribution in [0.4, 0.5) is 0 Å². The zero-order valence-corrected chi connectivity index (χ0v) is 14.0. The number of nitrogens with zero attached hydrogens (tertiary/aromatic N) is 2. The second-order valence-electron chi connectivity index (χ2n) is 4.61. The van der Waals surface area contributed by atoms with E-state index in [1.807, 2.05) is 16.0 Å². The van der Waals surface area contributed by atoms with Crippen LogP contribution in [0.3, 0.4) is 0 Å². The molecule has 0 N–H and O–H groups in total. The van der Waals surface area contributed by atoms with Crippen molar-refractivity contribution in [2.24, 2.45) is 0 Å². The largest absolute Gasteiger partial charge is 0.497 e. The summed E-state index contributed by atoms with van der Waals surface area (Å²) in [6.07, 6.45) is 4.95. The molecular formula is C16H13ClN2O3S. The lowest BCUT2D eigenvalue weighted by Gasteiger charge is -2.07. The van der Waals surface area contributed by atoms with Crippen molar-refractivity contribution in [1.29, 1.82) is 0 Å². The lowest BCUT2D eigenvalue weighted by molar-refractivity contribution is 0.104. The van der Waals surface area contributed by atoms with E-state index in [1.54, 1.807) is 31.4 Å². The number of ketones is 1. The number of hydrogen-bond donors (Lipinski definition) is 0. The summed E-state index contributed by atoms with van der Waals surface area (Å²) in [5, 5.41) is 2.27. The summed E-state index contributed by atoms with van der Waals surface area (Å²) in [6.45, 7) is 0. The van der Waals surface area contributed by atoms with Gasteiger partial charge in [-0.15, -0.1) is 11.3 Å². The molecule has 23 heavy (non-hydrogen) atoms. The number of methoxy groups -OCH3 is 2. The summed E-state index contributed by atoms with van der Waals surface area (Å²) in [7, 11) is 3.07. The SMILES string of the molecule is COc1ccc(OC)c(C(=O)/C=C/c2c(Cl)nc3sccn23)c1. The lowest BCUT2D eigenvalue weighted by atomic mass is 10.1. The highest BCUT2D eigenvalue weighted by molar-refractivity contribution is 7.15. The minimum Gasteiger partial charge on any atom is -0.497 e. The van der Waals surface area contributed by atoms with Crippen molar-refractivity contribution in [1.82, 2.24) is 9.38 Å². The van der Waals surface area contributed by atoms with Gasteiger partial charge in [-0.05, 0) is 30.4 Å². The van der Waals surface area contributed by atoms with Crippen LogP contribution in [0.1, 0.15) is 16.1 Å². The van der Waals surface area contributed by atoms with Crippen LogP contribution in [0.2, 0.25) is 5.15 Å². The number of allylic oxidation sites excluding steroid dienone is 1. The molecule has 0 unspecified atom stereocenters. The molecule has 3 aromatic rings. The van der Waals surface area contributed by atoms with Gasteiger partial charge in [-0.25, -0.2) is 4.98 Å². The summed E-state index contributed by atoms with van der Waals surface area (Å²) in [6, 6.07) is 5.08. The Morgan fingerprint density at radius 1 is 1.35 bits per heavy atom. The van der Waals surface area contributed by atoms with Crippen LogP contribution < -0.4 is 9.47 Å². The Labute approximate surface area is 141 Å². The van der Waals surface area contributed by atoms with Crippen LogP contribution in [0.5, 0.6) is 11.5 Å². The Morgan fingerprint density at radius 3 is 2.91 bits per heavy atom. The summed E-state index contributed by atoms with van der Waals surface area (Å²) in [5.41, 5.74) is 1.09. The van der Waals surface area contributed by atoms with Crippen molar-refractivity contribution in [2.45, 2.75) is 0 Å². The standard InChI is InChI=1S/C16H13ClN2O3S/c1-21-10-3-6-14(22-2)11(9-10)13(20)5-4-12-15(17)18-16-19(12)7-8-23-16/h3-9H,1-2H3/b5-4+. The second-order valence-corrected chi connectivity index (χ2v) is 5.84. The van der Waals surface area contributed by atoms with E-state index in [4.69, 9.17) is 21.1 Å². The van der Waals surface area contributed by atoms with E-state index < -0.39 is 0 Å². The van der Waals surface area contributed by atoms with E-state index in [-0.39, 0.29) is 5.78 Å². The average molecular weight is 349 g/mol. The Hall–Kier alpha value is -2.31. The molecule has 0 radical (unpaired) electrons. The molecule has 0 aliphatic carbocycles. The van der Waals surface area contributed by atoms with Gasteiger partial charge in [-0.2, -0.15) is 0 Å². The lowest BCUT2D eigenvalue weighted by Crippen LogP contribution is -2.00. The molecule has 0 aliphatic heterocycles. The van der Waals surface area contributed by atoms with Crippen LogP contribution >= 0.6 is 22.9 Å². The summed E-state index contributed by atoms with van der Waals surface area (Å²) >= 11 is 7.59. The average Bonchev–Trinajstić information content (AvgIpc) is 3.12. The first-order valence-electron chi connectivity index (χ1n) is 6.69. The Kier molecular flexibility index (Phi) is 4.36. The van der Waals surface area contributed by atoms with Gasteiger partial charge in [0.25, 0.3) is 0 Å². The van der Waals surface area contributed by atoms with Crippen LogP contribution in [-0.4, -0.2) is 29.4 Å². The van der Waals surface area contributed by atoms with Crippen LogP contribution in [0.25, 0.3) is 11.0 Å². The van der Waals surface area contributed by atoms with Crippen molar-refractivity contribution in [2.75, 3.05) is 14.2 Å². The number of imidazole rings is 1. The molecule has 0 atom stereocenters. The highest BCUT2D eigenvalue weighted by Crippen LogP contribution is 2.26. The third-order valence-electron chi connectivity index (χ3n) is 3.32. The van der Waals surface area contributed by atoms with Gasteiger partial charge < -0.3 is 9.47 Å². The van der Waals surface area contributed by atoms with E-state index in [0.717, 1.165) is 4.96 Å². The third kappa shape index (κ3) is 2.95. The maximum atomic E-state index is 12.5. The fraction of sp³-hybridized carbons (Fsp3) is 0.125. The molecule has 0 aliphatic rings. The molecule has 0 spiro atoms. The van der Waals surface area contributed by atoms with Gasteiger partial charge in [0.2, 0.25) is 0 Å². The first kappa shape index (κ1) is 15.6. The first-order chi connectivity index (χ1) is 11.1. The number of thiazole rings is 1. The predicted molar refractivity (Wildman–Crippen MR) is 91.0 cm³/mol. The fourth-order valence-corrected chi connectivity index (χ4v) is 3.18. The van der Waals surface area contributed by atoms with Gasteiger partial charge in [0.1, 0.15) is 11.5 Å². The van der Waals surface area contributed by atoms with Crippen molar-refractivity contribution in [3.63, 3.8) is 0 Å². The maximum Gasteiger partial charge on any atom is 0.195 e. The highest BCUT2D eigenvalue weighted by Gasteiger charge is 2.13. The van der Waals surface area contributed by atoms with Gasteiger partial charge in [-0.3, -0.25) is 9.20 Å². The highest BCUT2D eigenvalue weighted by atomic mass is 35.5. The Balaban J connectivity index is 1.95. The molecule has 0 bridgehead atoms. The monoisotopic (exact) mass is 348 g/mol. The molecule has 0 fully saturated rings. The summed E-state index contributed by atoms with van der Waals surface area (Å²) < 4.78 is 12.2. The van der Waals surface area contributed by atoms with Crippen LogP contribution in [0.15, 0.2) is 35.9 Å². The number of aromatic nitrogens is 2. The molecule has 7 heteroatoms. The second kappa shape index (κ2) is 6.44. The van der Waals surface area contributed by atoms with Gasteiger partial charge in [-0.1, -0.05) is 11.6 Å². The summed E-state index contributed by atoms with van der Waals surface area (Å²) in [5.74, 6) is 0.868. The molecule has 0 amide bonds. The molecule has 0 saturated heterocycles. The van der Waals surface area contributed by atoms with Crippen molar-refractivity contribution in [3.8, 4) is 11.5 Å². The minimum atomic E-state index is -0.206. The molecule has 2 aromatic heterocycles. The van der Waals surface area contributed by atoms with E-state index in [0.29, 0.717) is 27.9 Å². The van der Waals surface area contributed by atoms with Gasteiger partial charge in [0, 0.05) is 11.6 Å². The third-order valence-corrected chi connectivity index (χ3v) is 4.35. The number of halogens is 1. The molecule has 0 saturated carbocycles. The normalized spacial score (nSPS) is 11.3. The molecule has 1 aromatic carbocycles. The quantitative estimate of drug-likeness (QED) is 0.517. The molecule has 118 valence electrons. The fourth-order valence-electron chi connectivity index (χ4n) is 2.18. The number of hydrogen-bond acceptors (Lipinski definition) is 5. The van der Waals surface area contributed by atoms with E-state index in [9.17, 15) is 4.79 Å². The Morgan fingerprint density at radius 2 is 2.17 bits per heavy atom. The zero-order valence-electron chi connectivity index (χ0n) is 12.4. The van der Waals surface area contributed by atoms with Gasteiger partial charge >= 0.3 is 0 Å². The number of fused-ring (bicyclic) bond motifs is 1. The molecule has 2 heterocycles. The van der Waals surface area contributed by atoms with Gasteiger partial charge in [0.05, 0.1) is 25.5 Å². The van der Waals surface area contributed by atoms with E-state index in [2.05, 4.69) is 4.98 Å². The maximum absolute atomic E-state index is 12.5. The van der Waals surface area contributed by atoms with Crippen LogP contribution in [-0.2, 0) is 0 Å². The molecule has 3 rings (SSSR count). The molecule has 5 nitrogen and oxygen atoms in total. The number of benzene rings is 1. The number of rotatable bonds is 5. The van der Waals surface area contributed by atoms with Crippen molar-refractivity contribution < 1.29 is 14.3 Å².